The van der Waals surface area contributed by atoms with Crippen molar-refractivity contribution in [1.82, 2.24) is 0 Å². The quantitative estimate of drug-likeness (QED) is 0.125. The lowest BCUT2D eigenvalue weighted by Crippen LogP contribution is -2.66. The van der Waals surface area contributed by atoms with Crippen LogP contribution < -0.4 is 0 Å². The Bertz CT molecular complexity index is 1690. The van der Waals surface area contributed by atoms with Gasteiger partial charge >= 0.3 is 5.97 Å². The Hall–Kier alpha value is -1.35. The predicted octanol–water partition coefficient (Wildman–Crippen LogP) is 1.98. The Labute approximate surface area is 364 Å². The van der Waals surface area contributed by atoms with Crippen LogP contribution in [-0.2, 0) is 33.2 Å². The van der Waals surface area contributed by atoms with Crippen LogP contribution in [0.3, 0.4) is 0 Å². The number of hydrogen-bond donors (Lipinski definition) is 9. The zero-order valence-electron chi connectivity index (χ0n) is 37.5. The third-order valence-electron chi connectivity index (χ3n) is 18.6. The maximum Gasteiger partial charge on any atom is 0.310 e. The minimum atomic E-state index is -1.79. The van der Waals surface area contributed by atoms with Crippen molar-refractivity contribution in [3.63, 3.8) is 0 Å². The van der Waals surface area contributed by atoms with Crippen LogP contribution in [0.15, 0.2) is 11.6 Å². The topological polar surface area (TPSA) is 255 Å². The number of ether oxygens (including phenoxy) is 6. The first-order valence-corrected chi connectivity index (χ1v) is 23.1. The third kappa shape index (κ3) is 7.28. The summed E-state index contributed by atoms with van der Waals surface area (Å²) in [5.41, 5.74) is 0.0706. The second-order valence-corrected chi connectivity index (χ2v) is 22.6. The number of rotatable bonds is 8. The van der Waals surface area contributed by atoms with Crippen LogP contribution >= 0.6 is 0 Å². The lowest BCUT2D eigenvalue weighted by Gasteiger charge is -2.71. The van der Waals surface area contributed by atoms with Crippen LogP contribution in [0.5, 0.6) is 0 Å². The molecule has 0 aromatic heterocycles. The third-order valence-corrected chi connectivity index (χ3v) is 18.6. The minimum Gasteiger partial charge on any atom is -0.481 e. The molecular weight excluding hydrogens is 808 g/mol. The molecule has 0 spiro atoms. The van der Waals surface area contributed by atoms with Gasteiger partial charge in [0, 0.05) is 0 Å². The number of hydrogen-bond acceptors (Lipinski definition) is 15. The van der Waals surface area contributed by atoms with E-state index in [1.54, 1.807) is 0 Å². The highest BCUT2D eigenvalue weighted by atomic mass is 16.8. The average molecular weight is 883 g/mol. The monoisotopic (exact) mass is 882 g/mol. The number of carboxylic acids is 1. The van der Waals surface area contributed by atoms with Gasteiger partial charge in [0.15, 0.2) is 18.9 Å². The van der Waals surface area contributed by atoms with Crippen LogP contribution in [-0.4, -0.2) is 158 Å². The van der Waals surface area contributed by atoms with Crippen molar-refractivity contribution in [2.75, 3.05) is 19.8 Å². The maximum atomic E-state index is 13.1. The van der Waals surface area contributed by atoms with Crippen molar-refractivity contribution < 1.29 is 79.2 Å². The van der Waals surface area contributed by atoms with E-state index in [1.807, 2.05) is 0 Å². The minimum absolute atomic E-state index is 0.0255. The van der Waals surface area contributed by atoms with Crippen molar-refractivity contribution in [3.8, 4) is 0 Å². The van der Waals surface area contributed by atoms with Crippen LogP contribution in [0.4, 0.5) is 0 Å². The van der Waals surface area contributed by atoms with E-state index in [0.717, 1.165) is 51.4 Å². The van der Waals surface area contributed by atoms with Crippen molar-refractivity contribution >= 4 is 5.97 Å². The first kappa shape index (κ1) is 47.2. The zero-order valence-corrected chi connectivity index (χ0v) is 37.5. The summed E-state index contributed by atoms with van der Waals surface area (Å²) >= 11 is 0. The second-order valence-electron chi connectivity index (χ2n) is 22.6. The van der Waals surface area contributed by atoms with Crippen LogP contribution in [0.25, 0.3) is 0 Å². The van der Waals surface area contributed by atoms with E-state index >= 15 is 0 Å². The van der Waals surface area contributed by atoms with Crippen molar-refractivity contribution in [3.05, 3.63) is 11.6 Å². The van der Waals surface area contributed by atoms with Gasteiger partial charge in [-0.2, -0.15) is 0 Å². The molecule has 4 saturated carbocycles. The van der Waals surface area contributed by atoms with Gasteiger partial charge in [-0.1, -0.05) is 60.1 Å². The van der Waals surface area contributed by atoms with Gasteiger partial charge in [0.1, 0.15) is 61.0 Å². The molecule has 3 saturated heterocycles. The number of aliphatic hydroxyl groups excluding tert-OH is 8. The molecule has 62 heavy (non-hydrogen) atoms. The summed E-state index contributed by atoms with van der Waals surface area (Å²) in [7, 11) is 0. The van der Waals surface area contributed by atoms with Gasteiger partial charge in [-0.15, -0.1) is 0 Å². The summed E-state index contributed by atoms with van der Waals surface area (Å²) < 4.78 is 36.8. The van der Waals surface area contributed by atoms with Crippen molar-refractivity contribution in [1.29, 1.82) is 0 Å². The Morgan fingerprint density at radius 2 is 1.34 bits per heavy atom. The molecule has 0 bridgehead atoms. The number of allylic oxidation sites excluding steroid dienone is 2. The van der Waals surface area contributed by atoms with Crippen LogP contribution in [0.1, 0.15) is 113 Å². The molecule has 3 heterocycles. The summed E-state index contributed by atoms with van der Waals surface area (Å²) in [6, 6.07) is 0. The fourth-order valence-corrected chi connectivity index (χ4v) is 14.6. The van der Waals surface area contributed by atoms with Gasteiger partial charge in [-0.3, -0.25) is 4.79 Å². The summed E-state index contributed by atoms with van der Waals surface area (Å²) in [5.74, 6) is -0.0522. The fourth-order valence-electron chi connectivity index (χ4n) is 14.6. The van der Waals surface area contributed by atoms with E-state index in [-0.39, 0.29) is 46.7 Å². The smallest absolute Gasteiger partial charge is 0.310 e. The van der Waals surface area contributed by atoms with Crippen molar-refractivity contribution in [2.45, 2.75) is 199 Å². The standard InChI is InChI=1S/C46H74O16/c1-41(2)14-16-46(40(55)56)17-15-44(6)22(23(46)18-41)8-9-28-43(5)12-11-29(42(3,4)27(43)10-13-45(28,44)7)60-39-36(62-37-33(53)30(50)24(48)20-57-37)35(25(49)21-58-39)61-38-34(54)32(52)31(51)26(19-47)59-38/h8,23-39,47-54H,9-21H2,1-7H3,(H,55,56)/t23?,24-,25+,26-,27?,28?,29+,30+,31-,32+,33-,34-,35+,36-,37+,38+,39+,43+,44-,45-,46+/m1/s1. The molecule has 0 aromatic rings. The molecule has 3 aliphatic heterocycles. The highest BCUT2D eigenvalue weighted by molar-refractivity contribution is 5.76. The molecular formula is C46H74O16. The molecule has 16 nitrogen and oxygen atoms in total. The normalized spacial score (nSPS) is 53.6. The zero-order chi connectivity index (χ0) is 45.1. The van der Waals surface area contributed by atoms with E-state index in [0.29, 0.717) is 18.8 Å². The number of carbonyl (C=O) groups is 1. The average Bonchev–Trinajstić information content (AvgIpc) is 3.21. The molecule has 354 valence electrons. The van der Waals surface area contributed by atoms with Crippen molar-refractivity contribution in [2.24, 2.45) is 50.2 Å². The Kier molecular flexibility index (Phi) is 12.5. The van der Waals surface area contributed by atoms with Gasteiger partial charge in [-0.25, -0.2) is 0 Å². The van der Waals surface area contributed by atoms with Gasteiger partial charge in [-0.05, 0) is 109 Å². The molecule has 0 aromatic carbocycles. The molecule has 7 fully saturated rings. The number of fused-ring (bicyclic) bond motifs is 7. The summed E-state index contributed by atoms with van der Waals surface area (Å²) in [6.07, 6.45) is -9.35. The number of aliphatic hydroxyl groups is 8. The fraction of sp³-hybridized carbons (Fsp3) is 0.935. The lowest BCUT2D eigenvalue weighted by molar-refractivity contribution is -0.384. The predicted molar refractivity (Wildman–Crippen MR) is 219 cm³/mol. The molecule has 0 radical (unpaired) electrons. The molecule has 3 unspecified atom stereocenters. The molecule has 9 N–H and O–H groups in total. The molecule has 8 rings (SSSR count). The SMILES string of the molecule is CC1(C)CC[C@]2(C(=O)O)CC[C@]3(C)C(=CCC4[C@@]5(C)CC[C@H](O[C@@H]6OC[C@H](O)[C@H](O[C@@H]7O[C@H](CO)[C@@H](O)[C@H](O)[C@H]7O)[C@H]6O[C@@H]6OC[C@@H](O)[C@H](O)[C@H]6O)C(C)(C)C5CC[C@]43C)C2C1. The first-order valence-electron chi connectivity index (χ1n) is 23.1. The Morgan fingerprint density at radius 3 is 2.03 bits per heavy atom. The van der Waals surface area contributed by atoms with E-state index in [4.69, 9.17) is 28.4 Å². The van der Waals surface area contributed by atoms with Crippen LogP contribution in [0, 0.1) is 50.2 Å². The molecule has 16 heteroatoms. The molecule has 21 atom stereocenters. The summed E-state index contributed by atoms with van der Waals surface area (Å²) in [6.45, 7) is 15.0. The molecule has 0 amide bonds. The highest BCUT2D eigenvalue weighted by Gasteiger charge is 2.70. The molecule has 8 aliphatic rings. The Morgan fingerprint density at radius 1 is 0.694 bits per heavy atom. The van der Waals surface area contributed by atoms with Gasteiger partial charge in [0.05, 0.1) is 31.3 Å². The second kappa shape index (κ2) is 16.5. The van der Waals surface area contributed by atoms with Gasteiger partial charge in [0.25, 0.3) is 0 Å². The van der Waals surface area contributed by atoms with E-state index in [2.05, 4.69) is 54.5 Å². The first-order chi connectivity index (χ1) is 29.0. The largest absolute Gasteiger partial charge is 0.481 e. The van der Waals surface area contributed by atoms with E-state index < -0.39 is 109 Å². The number of carboxylic acid groups (broad SMARTS) is 1. The summed E-state index contributed by atoms with van der Waals surface area (Å²) in [4.78, 5) is 13.1. The van der Waals surface area contributed by atoms with Gasteiger partial charge in [0.2, 0.25) is 0 Å². The maximum absolute atomic E-state index is 13.1. The van der Waals surface area contributed by atoms with E-state index in [1.165, 1.54) is 5.57 Å². The Balaban J connectivity index is 1.06. The lowest BCUT2D eigenvalue weighted by atomic mass is 9.33. The van der Waals surface area contributed by atoms with Gasteiger partial charge < -0.3 is 74.4 Å². The van der Waals surface area contributed by atoms with Crippen LogP contribution in [0.2, 0.25) is 0 Å². The molecule has 5 aliphatic carbocycles. The van der Waals surface area contributed by atoms with E-state index in [9.17, 15) is 50.8 Å². The number of aliphatic carboxylic acids is 1. The highest BCUT2D eigenvalue weighted by Crippen LogP contribution is 2.76. The summed E-state index contributed by atoms with van der Waals surface area (Å²) in [5, 5.41) is 95.4.